The van der Waals surface area contributed by atoms with Crippen LogP contribution in [0.25, 0.3) is 0 Å². The molecule has 0 heterocycles. The van der Waals surface area contributed by atoms with E-state index in [1.807, 2.05) is 12.1 Å². The van der Waals surface area contributed by atoms with E-state index in [1.54, 1.807) is 19.1 Å². The maximum Gasteiger partial charge on any atom is 0.417 e. The van der Waals surface area contributed by atoms with E-state index < -0.39 is 38.8 Å². The van der Waals surface area contributed by atoms with Crippen LogP contribution >= 0.6 is 11.6 Å². The molecule has 11 heteroatoms. The van der Waals surface area contributed by atoms with Crippen molar-refractivity contribution < 1.29 is 31.1 Å². The fourth-order valence-electron chi connectivity index (χ4n) is 3.27. The highest BCUT2D eigenvalue weighted by molar-refractivity contribution is 7.92. The number of nitrogens with one attached hydrogen (secondary N) is 2. The Morgan fingerprint density at radius 1 is 0.919 bits per heavy atom. The molecule has 0 radical (unpaired) electrons. The van der Waals surface area contributed by atoms with Crippen LogP contribution in [0.5, 0.6) is 5.75 Å². The third-order valence-corrected chi connectivity index (χ3v) is 7.09. The summed E-state index contributed by atoms with van der Waals surface area (Å²) in [6, 6.07) is 15.3. The van der Waals surface area contributed by atoms with Crippen LogP contribution in [0.2, 0.25) is 5.02 Å². The average Bonchev–Trinajstić information content (AvgIpc) is 2.79. The molecule has 0 fully saturated rings. The predicted molar refractivity (Wildman–Crippen MR) is 138 cm³/mol. The van der Waals surface area contributed by atoms with Gasteiger partial charge in [-0.3, -0.25) is 9.52 Å². The van der Waals surface area contributed by atoms with Crippen molar-refractivity contribution in [2.75, 3.05) is 10.0 Å². The smallest absolute Gasteiger partial charge is 0.417 e. The summed E-state index contributed by atoms with van der Waals surface area (Å²) in [5, 5.41) is 2.09. The molecule has 1 atom stereocenters. The molecule has 0 aliphatic carbocycles. The minimum atomic E-state index is -4.74. The van der Waals surface area contributed by atoms with E-state index in [4.69, 9.17) is 16.3 Å². The van der Waals surface area contributed by atoms with Crippen molar-refractivity contribution in [3.63, 3.8) is 0 Å². The van der Waals surface area contributed by atoms with Crippen LogP contribution in [0.4, 0.5) is 24.5 Å². The lowest BCUT2D eigenvalue weighted by atomic mass is 9.87. The summed E-state index contributed by atoms with van der Waals surface area (Å²) in [7, 11) is -4.20. The minimum Gasteiger partial charge on any atom is -0.481 e. The van der Waals surface area contributed by atoms with E-state index in [2.05, 4.69) is 30.8 Å². The molecule has 198 valence electrons. The van der Waals surface area contributed by atoms with Gasteiger partial charge in [-0.25, -0.2) is 8.42 Å². The first-order chi connectivity index (χ1) is 17.1. The first-order valence-electron chi connectivity index (χ1n) is 11.1. The molecular weight excluding hydrogens is 529 g/mol. The summed E-state index contributed by atoms with van der Waals surface area (Å²) in [4.78, 5) is 12.3. The highest BCUT2D eigenvalue weighted by atomic mass is 35.5. The molecule has 0 aliphatic heterocycles. The lowest BCUT2D eigenvalue weighted by molar-refractivity contribution is -0.137. The number of ether oxygens (including phenoxy) is 1. The van der Waals surface area contributed by atoms with E-state index in [0.717, 1.165) is 17.7 Å². The maximum atomic E-state index is 13.1. The molecule has 0 unspecified atom stereocenters. The van der Waals surface area contributed by atoms with Crippen molar-refractivity contribution in [2.45, 2.75) is 50.3 Å². The van der Waals surface area contributed by atoms with Gasteiger partial charge in [0, 0.05) is 11.4 Å². The number of sulfonamides is 1. The number of amides is 1. The fourth-order valence-corrected chi connectivity index (χ4v) is 4.55. The molecule has 1 amide bonds. The molecule has 0 aliphatic rings. The largest absolute Gasteiger partial charge is 0.481 e. The number of alkyl halides is 3. The summed E-state index contributed by atoms with van der Waals surface area (Å²) in [5.74, 6) is 0.0773. The van der Waals surface area contributed by atoms with Crippen molar-refractivity contribution in [3.05, 3.63) is 82.9 Å². The van der Waals surface area contributed by atoms with Crippen LogP contribution in [0.1, 0.15) is 38.8 Å². The third-order valence-electron chi connectivity index (χ3n) is 5.36. The number of hydrogen-bond donors (Lipinski definition) is 2. The Hall–Kier alpha value is -3.24. The van der Waals surface area contributed by atoms with Crippen molar-refractivity contribution in [2.24, 2.45) is 0 Å². The molecule has 3 aromatic rings. The Labute approximate surface area is 218 Å². The standard InChI is InChI=1S/C26H26ClF3N2O4S/c1-16(36-20-10-5-17(6-11-20)25(2,3)4)24(33)31-18-7-12-21(13-8-18)37(34,35)32-19-9-14-23(27)22(15-19)26(28,29)30/h5-16,32H,1-4H3,(H,31,33)/t16-/m1/s1. The summed E-state index contributed by atoms with van der Waals surface area (Å²) in [5.41, 5.74) is -0.0338. The van der Waals surface area contributed by atoms with Crippen LogP contribution in [-0.4, -0.2) is 20.4 Å². The summed E-state index contributed by atoms with van der Waals surface area (Å²) < 4.78 is 72.3. The summed E-state index contributed by atoms with van der Waals surface area (Å²) in [6.07, 6.45) is -5.58. The van der Waals surface area contributed by atoms with Crippen molar-refractivity contribution in [1.29, 1.82) is 0 Å². The molecule has 0 saturated heterocycles. The van der Waals surface area contributed by atoms with Gasteiger partial charge in [-0.05, 0) is 72.5 Å². The summed E-state index contributed by atoms with van der Waals surface area (Å²) >= 11 is 5.58. The number of rotatable bonds is 7. The molecule has 3 aromatic carbocycles. The lowest BCUT2D eigenvalue weighted by Crippen LogP contribution is -2.30. The minimum absolute atomic E-state index is 0.0164. The third kappa shape index (κ3) is 7.39. The van der Waals surface area contributed by atoms with E-state index in [-0.39, 0.29) is 16.0 Å². The van der Waals surface area contributed by atoms with Gasteiger partial charge in [0.25, 0.3) is 15.9 Å². The Kier molecular flexibility index (Phi) is 8.14. The number of carbonyl (C=O) groups excluding carboxylic acids is 1. The van der Waals surface area contributed by atoms with E-state index in [9.17, 15) is 26.4 Å². The lowest BCUT2D eigenvalue weighted by Gasteiger charge is -2.20. The van der Waals surface area contributed by atoms with Crippen molar-refractivity contribution >= 4 is 38.9 Å². The zero-order chi connectivity index (χ0) is 27.6. The van der Waals surface area contributed by atoms with Crippen LogP contribution in [0.3, 0.4) is 0 Å². The van der Waals surface area contributed by atoms with Crippen molar-refractivity contribution in [1.82, 2.24) is 0 Å². The number of anilines is 2. The number of halogens is 4. The fraction of sp³-hybridized carbons (Fsp3) is 0.269. The van der Waals surface area contributed by atoms with Crippen LogP contribution in [0, 0.1) is 0 Å². The Balaban J connectivity index is 1.65. The predicted octanol–water partition coefficient (Wildman–Crippen LogP) is 6.86. The van der Waals surface area contributed by atoms with Gasteiger partial charge in [0.2, 0.25) is 0 Å². The van der Waals surface area contributed by atoms with Gasteiger partial charge < -0.3 is 10.1 Å². The molecule has 0 bridgehead atoms. The van der Waals surface area contributed by atoms with Gasteiger partial charge in [0.15, 0.2) is 6.10 Å². The van der Waals surface area contributed by atoms with Gasteiger partial charge in [0.1, 0.15) is 5.75 Å². The highest BCUT2D eigenvalue weighted by Crippen LogP contribution is 2.36. The quantitative estimate of drug-likeness (QED) is 0.334. The second-order valence-corrected chi connectivity index (χ2v) is 11.4. The van der Waals surface area contributed by atoms with Gasteiger partial charge in [0.05, 0.1) is 15.5 Å². The van der Waals surface area contributed by atoms with Crippen LogP contribution < -0.4 is 14.8 Å². The second-order valence-electron chi connectivity index (χ2n) is 9.35. The molecule has 0 aromatic heterocycles. The van der Waals surface area contributed by atoms with Gasteiger partial charge in [-0.2, -0.15) is 13.2 Å². The number of carbonyl (C=O) groups is 1. The molecule has 3 rings (SSSR count). The van der Waals surface area contributed by atoms with Gasteiger partial charge in [-0.15, -0.1) is 0 Å². The Bertz CT molecular complexity index is 1370. The van der Waals surface area contributed by atoms with Crippen molar-refractivity contribution in [3.8, 4) is 5.75 Å². The van der Waals surface area contributed by atoms with Gasteiger partial charge in [-0.1, -0.05) is 44.5 Å². The molecule has 0 spiro atoms. The van der Waals surface area contributed by atoms with E-state index in [0.29, 0.717) is 17.5 Å². The second kappa shape index (κ2) is 10.6. The van der Waals surface area contributed by atoms with Gasteiger partial charge >= 0.3 is 6.18 Å². The first-order valence-corrected chi connectivity index (χ1v) is 13.0. The monoisotopic (exact) mass is 554 g/mol. The zero-order valence-corrected chi connectivity index (χ0v) is 22.1. The molecule has 0 saturated carbocycles. The number of hydrogen-bond acceptors (Lipinski definition) is 4. The van der Waals surface area contributed by atoms with Crippen LogP contribution in [-0.2, 0) is 26.4 Å². The normalized spacial score (nSPS) is 13.1. The Morgan fingerprint density at radius 2 is 1.49 bits per heavy atom. The molecule has 2 N–H and O–H groups in total. The zero-order valence-electron chi connectivity index (χ0n) is 20.5. The summed E-state index contributed by atoms with van der Waals surface area (Å²) in [6.45, 7) is 7.85. The topological polar surface area (TPSA) is 84.5 Å². The van der Waals surface area contributed by atoms with E-state index in [1.165, 1.54) is 24.3 Å². The maximum absolute atomic E-state index is 13.1. The average molecular weight is 555 g/mol. The van der Waals surface area contributed by atoms with E-state index >= 15 is 0 Å². The highest BCUT2D eigenvalue weighted by Gasteiger charge is 2.33. The van der Waals surface area contributed by atoms with Crippen LogP contribution in [0.15, 0.2) is 71.6 Å². The molecule has 37 heavy (non-hydrogen) atoms. The SMILES string of the molecule is C[C@@H](Oc1ccc(C(C)(C)C)cc1)C(=O)Nc1ccc(S(=O)(=O)Nc2ccc(Cl)c(C(F)(F)F)c2)cc1. The Morgan fingerprint density at radius 3 is 2.03 bits per heavy atom. The number of benzene rings is 3. The molecular formula is C26H26ClF3N2O4S. The first kappa shape index (κ1) is 28.3. The molecule has 6 nitrogen and oxygen atoms in total.